The average Bonchev–Trinajstić information content (AvgIpc) is 2.90. The lowest BCUT2D eigenvalue weighted by molar-refractivity contribution is 0.0964. The second kappa shape index (κ2) is 6.73. The number of rotatable bonds is 6. The molecule has 1 atom stereocenters. The maximum atomic E-state index is 13.3. The molecule has 1 aromatic carbocycles. The summed E-state index contributed by atoms with van der Waals surface area (Å²) in [4.78, 5) is 11.7. The van der Waals surface area contributed by atoms with Gasteiger partial charge in [0.1, 0.15) is 11.6 Å². The molecule has 1 aliphatic heterocycles. The van der Waals surface area contributed by atoms with Crippen LogP contribution in [0.1, 0.15) is 29.6 Å². The summed E-state index contributed by atoms with van der Waals surface area (Å²) >= 11 is 0. The smallest absolute Gasteiger partial charge is 0.167 e. The molecule has 0 aliphatic carbocycles. The maximum Gasteiger partial charge on any atom is 0.167 e. The molecule has 1 unspecified atom stereocenters. The third-order valence-corrected chi connectivity index (χ3v) is 3.15. The molecule has 3 nitrogen and oxygen atoms in total. The number of hydrogen-bond donors (Lipinski definition) is 1. The van der Waals surface area contributed by atoms with E-state index in [1.165, 1.54) is 0 Å². The van der Waals surface area contributed by atoms with Gasteiger partial charge in [-0.1, -0.05) is 0 Å². The van der Waals surface area contributed by atoms with Crippen LogP contribution in [0.3, 0.4) is 0 Å². The van der Waals surface area contributed by atoms with Gasteiger partial charge in [0.05, 0.1) is 11.7 Å². The monoisotopic (exact) mass is 269 g/mol. The van der Waals surface area contributed by atoms with Gasteiger partial charge < -0.3 is 10.1 Å². The summed E-state index contributed by atoms with van der Waals surface area (Å²) in [5, 5.41) is 3.10. The third-order valence-electron chi connectivity index (χ3n) is 3.15. The standard InChI is InChI=1S/C14H17F2NO2/c15-10-3-4-13(16)12(8-10)14(18)5-6-17-9-11-2-1-7-19-11/h3-4,8,11,17H,1-2,5-7,9H2. The van der Waals surface area contributed by atoms with Crippen molar-refractivity contribution in [3.63, 3.8) is 0 Å². The highest BCUT2D eigenvalue weighted by atomic mass is 19.1. The molecular formula is C14H17F2NO2. The molecule has 0 bridgehead atoms. The lowest BCUT2D eigenvalue weighted by Crippen LogP contribution is -2.28. The van der Waals surface area contributed by atoms with Crippen LogP contribution in [0.15, 0.2) is 18.2 Å². The molecule has 0 amide bonds. The summed E-state index contributed by atoms with van der Waals surface area (Å²) in [5.74, 6) is -1.67. The largest absolute Gasteiger partial charge is 0.377 e. The van der Waals surface area contributed by atoms with Crippen LogP contribution < -0.4 is 5.32 Å². The van der Waals surface area contributed by atoms with Gasteiger partial charge in [-0.3, -0.25) is 4.79 Å². The van der Waals surface area contributed by atoms with Crippen LogP contribution in [-0.4, -0.2) is 31.6 Å². The van der Waals surface area contributed by atoms with E-state index in [2.05, 4.69) is 5.32 Å². The predicted octanol–water partition coefficient (Wildman–Crippen LogP) is 2.31. The highest BCUT2D eigenvalue weighted by Gasteiger charge is 2.15. The Morgan fingerprint density at radius 1 is 1.42 bits per heavy atom. The number of Topliss-reactive ketones (excluding diaryl/α,β-unsaturated/α-hetero) is 1. The van der Waals surface area contributed by atoms with Crippen molar-refractivity contribution in [3.8, 4) is 0 Å². The van der Waals surface area contributed by atoms with E-state index < -0.39 is 17.4 Å². The van der Waals surface area contributed by atoms with Crippen molar-refractivity contribution < 1.29 is 18.3 Å². The Balaban J connectivity index is 1.75. The molecule has 1 fully saturated rings. The second-order valence-electron chi connectivity index (χ2n) is 4.64. The molecule has 0 saturated carbocycles. The molecule has 0 radical (unpaired) electrons. The van der Waals surface area contributed by atoms with Crippen LogP contribution in [0.2, 0.25) is 0 Å². The van der Waals surface area contributed by atoms with E-state index in [0.29, 0.717) is 13.1 Å². The van der Waals surface area contributed by atoms with Gasteiger partial charge in [0.2, 0.25) is 0 Å². The quantitative estimate of drug-likeness (QED) is 0.636. The number of carbonyl (C=O) groups excluding carboxylic acids is 1. The molecule has 1 aliphatic rings. The lowest BCUT2D eigenvalue weighted by Gasteiger charge is -2.10. The highest BCUT2D eigenvalue weighted by Crippen LogP contribution is 2.12. The number of hydrogen-bond acceptors (Lipinski definition) is 3. The molecule has 5 heteroatoms. The minimum atomic E-state index is -0.675. The van der Waals surface area contributed by atoms with Crippen molar-refractivity contribution in [3.05, 3.63) is 35.4 Å². The van der Waals surface area contributed by atoms with Crippen molar-refractivity contribution in [2.75, 3.05) is 19.7 Å². The Kier molecular flexibility index (Phi) is 4.99. The average molecular weight is 269 g/mol. The van der Waals surface area contributed by atoms with Crippen molar-refractivity contribution in [1.82, 2.24) is 5.32 Å². The minimum Gasteiger partial charge on any atom is -0.377 e. The van der Waals surface area contributed by atoms with Gasteiger partial charge >= 0.3 is 0 Å². The Hall–Kier alpha value is -1.33. The summed E-state index contributed by atoms with van der Waals surface area (Å²) in [6, 6.07) is 2.92. The Morgan fingerprint density at radius 3 is 3.00 bits per heavy atom. The van der Waals surface area contributed by atoms with Crippen LogP contribution in [0.5, 0.6) is 0 Å². The fraction of sp³-hybridized carbons (Fsp3) is 0.500. The Morgan fingerprint density at radius 2 is 2.26 bits per heavy atom. The van der Waals surface area contributed by atoms with E-state index in [1.807, 2.05) is 0 Å². The van der Waals surface area contributed by atoms with Crippen molar-refractivity contribution in [2.45, 2.75) is 25.4 Å². The van der Waals surface area contributed by atoms with Gasteiger partial charge in [0, 0.05) is 26.1 Å². The third kappa shape index (κ3) is 4.08. The van der Waals surface area contributed by atoms with Gasteiger partial charge in [0.15, 0.2) is 5.78 Å². The van der Waals surface area contributed by atoms with E-state index in [9.17, 15) is 13.6 Å². The first-order valence-electron chi connectivity index (χ1n) is 6.47. The topological polar surface area (TPSA) is 38.3 Å². The van der Waals surface area contributed by atoms with E-state index in [0.717, 1.165) is 37.6 Å². The molecule has 0 aromatic heterocycles. The minimum absolute atomic E-state index is 0.146. The van der Waals surface area contributed by atoms with Crippen LogP contribution in [0, 0.1) is 11.6 Å². The highest BCUT2D eigenvalue weighted by molar-refractivity contribution is 5.96. The first kappa shape index (κ1) is 14.1. The van der Waals surface area contributed by atoms with Gasteiger partial charge in [-0.2, -0.15) is 0 Å². The number of benzene rings is 1. The molecule has 1 aromatic rings. The lowest BCUT2D eigenvalue weighted by atomic mass is 10.1. The summed E-state index contributed by atoms with van der Waals surface area (Å²) < 4.78 is 31.7. The van der Waals surface area contributed by atoms with Gasteiger partial charge in [-0.25, -0.2) is 8.78 Å². The molecule has 0 spiro atoms. The zero-order valence-corrected chi connectivity index (χ0v) is 10.6. The van der Waals surface area contributed by atoms with Gasteiger partial charge in [0.25, 0.3) is 0 Å². The van der Waals surface area contributed by atoms with Crippen molar-refractivity contribution in [1.29, 1.82) is 0 Å². The summed E-state index contributed by atoms with van der Waals surface area (Å²) in [6.45, 7) is 1.92. The summed E-state index contributed by atoms with van der Waals surface area (Å²) in [5.41, 5.74) is -0.182. The summed E-state index contributed by atoms with van der Waals surface area (Å²) in [7, 11) is 0. The molecule has 1 heterocycles. The fourth-order valence-electron chi connectivity index (χ4n) is 2.12. The van der Waals surface area contributed by atoms with E-state index >= 15 is 0 Å². The Bertz CT molecular complexity index is 445. The number of carbonyl (C=O) groups is 1. The zero-order valence-electron chi connectivity index (χ0n) is 10.6. The zero-order chi connectivity index (χ0) is 13.7. The molecule has 104 valence electrons. The number of halogens is 2. The molecule has 1 N–H and O–H groups in total. The van der Waals surface area contributed by atoms with E-state index in [4.69, 9.17) is 4.74 Å². The van der Waals surface area contributed by atoms with Gasteiger partial charge in [-0.15, -0.1) is 0 Å². The van der Waals surface area contributed by atoms with E-state index in [-0.39, 0.29) is 18.1 Å². The summed E-state index contributed by atoms with van der Waals surface area (Å²) in [6.07, 6.45) is 2.45. The van der Waals surface area contributed by atoms with Crippen molar-refractivity contribution >= 4 is 5.78 Å². The van der Waals surface area contributed by atoms with Gasteiger partial charge in [-0.05, 0) is 31.0 Å². The fourth-order valence-corrected chi connectivity index (χ4v) is 2.12. The number of ketones is 1. The second-order valence-corrected chi connectivity index (χ2v) is 4.64. The molecule has 19 heavy (non-hydrogen) atoms. The molecular weight excluding hydrogens is 252 g/mol. The van der Waals surface area contributed by atoms with Crippen LogP contribution in [-0.2, 0) is 4.74 Å². The molecule has 1 saturated heterocycles. The van der Waals surface area contributed by atoms with Crippen LogP contribution in [0.25, 0.3) is 0 Å². The normalized spacial score (nSPS) is 18.7. The Labute approximate surface area is 111 Å². The maximum absolute atomic E-state index is 13.3. The van der Waals surface area contributed by atoms with E-state index in [1.54, 1.807) is 0 Å². The molecule has 2 rings (SSSR count). The van der Waals surface area contributed by atoms with Crippen molar-refractivity contribution in [2.24, 2.45) is 0 Å². The number of ether oxygens (including phenoxy) is 1. The SMILES string of the molecule is O=C(CCNCC1CCCO1)c1cc(F)ccc1F. The predicted molar refractivity (Wildman–Crippen MR) is 67.1 cm³/mol. The number of nitrogens with one attached hydrogen (secondary N) is 1. The van der Waals surface area contributed by atoms with Crippen LogP contribution >= 0.6 is 0 Å². The first-order valence-corrected chi connectivity index (χ1v) is 6.47. The first-order chi connectivity index (χ1) is 9.16. The van der Waals surface area contributed by atoms with Crippen LogP contribution in [0.4, 0.5) is 8.78 Å².